The molecule has 1 saturated heterocycles. The first-order chi connectivity index (χ1) is 11.3. The van der Waals surface area contributed by atoms with Crippen molar-refractivity contribution >= 4 is 22.8 Å². The zero-order chi connectivity index (χ0) is 17.5. The Morgan fingerprint density at radius 1 is 1.21 bits per heavy atom. The fraction of sp³-hybridized carbons (Fsp3) is 0.471. The Bertz CT molecular complexity index is 780. The Balaban J connectivity index is 1.85. The normalized spacial score (nSPS) is 17.2. The van der Waals surface area contributed by atoms with Crippen LogP contribution in [-0.2, 0) is 0 Å². The van der Waals surface area contributed by atoms with Gasteiger partial charge in [-0.1, -0.05) is 18.2 Å². The Morgan fingerprint density at radius 3 is 2.58 bits per heavy atom. The highest BCUT2D eigenvalue weighted by atomic mass is 16.2. The smallest absolute Gasteiger partial charge is 0.319 e. The minimum atomic E-state index is -0.457. The molecule has 1 aliphatic rings. The second kappa shape index (κ2) is 5.81. The number of carbonyl (C=O) groups is 2. The molecule has 7 heteroatoms. The number of nitrogens with zero attached hydrogens (tertiary/aromatic N) is 4. The van der Waals surface area contributed by atoms with Gasteiger partial charge in [-0.15, -0.1) is 0 Å². The summed E-state index contributed by atoms with van der Waals surface area (Å²) in [6.07, 6.45) is 0. The van der Waals surface area contributed by atoms with Crippen LogP contribution in [0, 0.1) is 0 Å². The number of benzene rings is 1. The van der Waals surface area contributed by atoms with Gasteiger partial charge in [-0.05, 0) is 19.9 Å². The molecule has 1 aromatic carbocycles. The van der Waals surface area contributed by atoms with Crippen LogP contribution in [-0.4, -0.2) is 76.1 Å². The Morgan fingerprint density at radius 2 is 1.92 bits per heavy atom. The van der Waals surface area contributed by atoms with E-state index in [0.29, 0.717) is 25.3 Å². The molecule has 0 spiro atoms. The molecule has 3 amide bonds. The van der Waals surface area contributed by atoms with E-state index in [0.717, 1.165) is 10.9 Å². The van der Waals surface area contributed by atoms with E-state index < -0.39 is 5.54 Å². The second-order valence-corrected chi connectivity index (χ2v) is 6.99. The molecule has 0 unspecified atom stereocenters. The average Bonchev–Trinajstić information content (AvgIpc) is 2.96. The number of H-pyrrole nitrogens is 1. The van der Waals surface area contributed by atoms with E-state index >= 15 is 0 Å². The van der Waals surface area contributed by atoms with E-state index in [4.69, 9.17) is 0 Å². The molecule has 0 bridgehead atoms. The van der Waals surface area contributed by atoms with Gasteiger partial charge in [0.2, 0.25) is 0 Å². The highest BCUT2D eigenvalue weighted by Gasteiger charge is 2.40. The van der Waals surface area contributed by atoms with E-state index in [1.807, 2.05) is 43.0 Å². The maximum atomic E-state index is 13.0. The molecule has 1 N–H and O–H groups in total. The molecule has 24 heavy (non-hydrogen) atoms. The van der Waals surface area contributed by atoms with Crippen molar-refractivity contribution < 1.29 is 9.59 Å². The molecule has 7 nitrogen and oxygen atoms in total. The molecule has 1 aromatic heterocycles. The number of aromatic nitrogens is 2. The van der Waals surface area contributed by atoms with Gasteiger partial charge in [-0.2, -0.15) is 5.10 Å². The SMILES string of the molecule is CN(C)C(=O)N1CCN(C(=O)c2n[nH]c3ccccc23)C(C)(C)C1. The van der Waals surface area contributed by atoms with E-state index in [1.54, 1.807) is 23.9 Å². The van der Waals surface area contributed by atoms with Crippen LogP contribution in [0.1, 0.15) is 24.3 Å². The zero-order valence-electron chi connectivity index (χ0n) is 14.5. The van der Waals surface area contributed by atoms with Crippen LogP contribution in [0.5, 0.6) is 0 Å². The third-order valence-electron chi connectivity index (χ3n) is 4.47. The number of nitrogens with one attached hydrogen (secondary N) is 1. The summed E-state index contributed by atoms with van der Waals surface area (Å²) in [7, 11) is 3.48. The number of aromatic amines is 1. The Labute approximate surface area is 141 Å². The summed E-state index contributed by atoms with van der Waals surface area (Å²) >= 11 is 0. The van der Waals surface area contributed by atoms with Crippen LogP contribution in [0.2, 0.25) is 0 Å². The maximum Gasteiger partial charge on any atom is 0.319 e. The standard InChI is InChI=1S/C17H23N5O2/c1-17(2)11-21(16(24)20(3)4)9-10-22(17)15(23)14-12-7-5-6-8-13(12)18-19-14/h5-8H,9-11H2,1-4H3,(H,18,19). The van der Waals surface area contributed by atoms with Gasteiger partial charge in [0.15, 0.2) is 5.69 Å². The topological polar surface area (TPSA) is 72.5 Å². The highest BCUT2D eigenvalue weighted by Crippen LogP contribution is 2.25. The Hall–Kier alpha value is -2.57. The summed E-state index contributed by atoms with van der Waals surface area (Å²) < 4.78 is 0. The molecule has 2 heterocycles. The van der Waals surface area contributed by atoms with E-state index in [9.17, 15) is 9.59 Å². The molecule has 1 aliphatic heterocycles. The molecule has 0 aliphatic carbocycles. The van der Waals surface area contributed by atoms with Crippen molar-refractivity contribution in [2.24, 2.45) is 0 Å². The number of urea groups is 1. The highest BCUT2D eigenvalue weighted by molar-refractivity contribution is 6.05. The number of hydrogen-bond acceptors (Lipinski definition) is 3. The van der Waals surface area contributed by atoms with Gasteiger partial charge in [0.25, 0.3) is 5.91 Å². The maximum absolute atomic E-state index is 13.0. The largest absolute Gasteiger partial charge is 0.331 e. The first kappa shape index (κ1) is 16.3. The van der Waals surface area contributed by atoms with Crippen molar-refractivity contribution in [1.82, 2.24) is 24.9 Å². The third-order valence-corrected chi connectivity index (χ3v) is 4.47. The van der Waals surface area contributed by atoms with Crippen LogP contribution in [0.4, 0.5) is 4.79 Å². The number of piperazine rings is 1. The fourth-order valence-corrected chi connectivity index (χ4v) is 3.23. The Kier molecular flexibility index (Phi) is 3.95. The molecular weight excluding hydrogens is 306 g/mol. The minimum Gasteiger partial charge on any atom is -0.331 e. The third kappa shape index (κ3) is 2.70. The first-order valence-electron chi connectivity index (χ1n) is 8.02. The van der Waals surface area contributed by atoms with Gasteiger partial charge in [-0.25, -0.2) is 4.79 Å². The molecule has 0 radical (unpaired) electrons. The van der Waals surface area contributed by atoms with Crippen molar-refractivity contribution in [1.29, 1.82) is 0 Å². The van der Waals surface area contributed by atoms with E-state index in [1.165, 1.54) is 0 Å². The quantitative estimate of drug-likeness (QED) is 0.867. The number of carbonyl (C=O) groups excluding carboxylic acids is 2. The van der Waals surface area contributed by atoms with Crippen LogP contribution in [0.3, 0.4) is 0 Å². The summed E-state index contributed by atoms with van der Waals surface area (Å²) in [5.74, 6) is -0.102. The number of rotatable bonds is 1. The van der Waals surface area contributed by atoms with Gasteiger partial charge in [0, 0.05) is 39.1 Å². The van der Waals surface area contributed by atoms with Crippen molar-refractivity contribution in [3.05, 3.63) is 30.0 Å². The predicted molar refractivity (Wildman–Crippen MR) is 91.9 cm³/mol. The number of fused-ring (bicyclic) bond motifs is 1. The summed E-state index contributed by atoms with van der Waals surface area (Å²) in [5, 5.41) is 7.95. The van der Waals surface area contributed by atoms with Crippen LogP contribution in [0.15, 0.2) is 24.3 Å². The second-order valence-electron chi connectivity index (χ2n) is 6.99. The number of amides is 3. The van der Waals surface area contributed by atoms with Gasteiger partial charge >= 0.3 is 6.03 Å². The number of hydrogen-bond donors (Lipinski definition) is 1. The van der Waals surface area contributed by atoms with Crippen molar-refractivity contribution in [3.63, 3.8) is 0 Å². The summed E-state index contributed by atoms with van der Waals surface area (Å²) in [4.78, 5) is 30.4. The predicted octanol–water partition coefficient (Wildman–Crippen LogP) is 1.78. The monoisotopic (exact) mass is 329 g/mol. The van der Waals surface area contributed by atoms with Gasteiger partial charge in [0.05, 0.1) is 11.1 Å². The van der Waals surface area contributed by atoms with E-state index in [2.05, 4.69) is 10.2 Å². The van der Waals surface area contributed by atoms with E-state index in [-0.39, 0.29) is 11.9 Å². The first-order valence-corrected chi connectivity index (χ1v) is 8.02. The molecule has 2 aromatic rings. The molecule has 0 saturated carbocycles. The molecule has 1 fully saturated rings. The van der Waals surface area contributed by atoms with Gasteiger partial charge in [0.1, 0.15) is 0 Å². The van der Waals surface area contributed by atoms with Crippen molar-refractivity contribution in [3.8, 4) is 0 Å². The number of para-hydroxylation sites is 1. The van der Waals surface area contributed by atoms with Gasteiger partial charge in [-0.3, -0.25) is 9.89 Å². The molecule has 0 atom stereocenters. The zero-order valence-corrected chi connectivity index (χ0v) is 14.5. The molecule has 128 valence electrons. The van der Waals surface area contributed by atoms with Gasteiger partial charge < -0.3 is 14.7 Å². The van der Waals surface area contributed by atoms with Crippen molar-refractivity contribution in [2.45, 2.75) is 19.4 Å². The van der Waals surface area contributed by atoms with Crippen LogP contribution in [0.25, 0.3) is 10.9 Å². The lowest BCUT2D eigenvalue weighted by Gasteiger charge is -2.47. The lowest BCUT2D eigenvalue weighted by molar-refractivity contribution is 0.0238. The summed E-state index contributed by atoms with van der Waals surface area (Å²) in [5.41, 5.74) is 0.826. The summed E-state index contributed by atoms with van der Waals surface area (Å²) in [6.45, 7) is 5.48. The van der Waals surface area contributed by atoms with Crippen LogP contribution < -0.4 is 0 Å². The average molecular weight is 329 g/mol. The summed E-state index contributed by atoms with van der Waals surface area (Å²) in [6, 6.07) is 7.57. The fourth-order valence-electron chi connectivity index (χ4n) is 3.23. The minimum absolute atomic E-state index is 0.0274. The van der Waals surface area contributed by atoms with Crippen LogP contribution >= 0.6 is 0 Å². The molecule has 3 rings (SSSR count). The molecular formula is C17H23N5O2. The lowest BCUT2D eigenvalue weighted by Crippen LogP contribution is -2.63. The lowest BCUT2D eigenvalue weighted by atomic mass is 9.98. The van der Waals surface area contributed by atoms with Crippen molar-refractivity contribution in [2.75, 3.05) is 33.7 Å².